The fourth-order valence-electron chi connectivity index (χ4n) is 2.16. The summed E-state index contributed by atoms with van der Waals surface area (Å²) < 4.78 is 0. The van der Waals surface area contributed by atoms with Gasteiger partial charge in [0.15, 0.2) is 0 Å². The molecule has 1 aromatic carbocycles. The summed E-state index contributed by atoms with van der Waals surface area (Å²) in [5.41, 5.74) is 10.0. The molecule has 0 saturated carbocycles. The smallest absolute Gasteiger partial charge is 0.0650 e. The number of nitrogens with two attached hydrogens (primary N) is 1. The van der Waals surface area contributed by atoms with E-state index in [-0.39, 0.29) is 6.61 Å². The first-order valence-corrected chi connectivity index (χ1v) is 4.86. The Bertz CT molecular complexity index is 319. The molecule has 1 rings (SSSR count). The maximum Gasteiger partial charge on any atom is 0.0650 e. The summed E-state index contributed by atoms with van der Waals surface area (Å²) in [7, 11) is 0. The first kappa shape index (κ1) is 11.2. The van der Waals surface area contributed by atoms with E-state index in [9.17, 15) is 5.11 Å². The third kappa shape index (κ3) is 1.97. The van der Waals surface area contributed by atoms with E-state index in [0.29, 0.717) is 0 Å². The van der Waals surface area contributed by atoms with Crippen LogP contribution in [0.15, 0.2) is 12.1 Å². The molecule has 1 aromatic rings. The van der Waals surface area contributed by atoms with Crippen LogP contribution in [0.1, 0.15) is 29.2 Å². The fourth-order valence-corrected chi connectivity index (χ4v) is 2.16. The molecular formula is C12H19NO. The van der Waals surface area contributed by atoms with Gasteiger partial charge in [0.05, 0.1) is 12.1 Å². The molecule has 0 amide bonds. The maximum absolute atomic E-state index is 9.24. The molecule has 0 aliphatic heterocycles. The first-order chi connectivity index (χ1) is 6.38. The summed E-state index contributed by atoms with van der Waals surface area (Å²) >= 11 is 0. The van der Waals surface area contributed by atoms with E-state index in [4.69, 9.17) is 5.73 Å². The zero-order valence-corrected chi connectivity index (χ0v) is 9.39. The lowest BCUT2D eigenvalue weighted by molar-refractivity contribution is 0.209. The van der Waals surface area contributed by atoms with Crippen LogP contribution in [0.3, 0.4) is 0 Å². The van der Waals surface area contributed by atoms with Gasteiger partial charge in [-0.2, -0.15) is 0 Å². The zero-order chi connectivity index (χ0) is 10.9. The van der Waals surface area contributed by atoms with Gasteiger partial charge in [0.25, 0.3) is 0 Å². The number of aliphatic hydroxyl groups excluding tert-OH is 1. The van der Waals surface area contributed by atoms with E-state index in [0.717, 1.165) is 16.7 Å². The third-order valence-electron chi connectivity index (χ3n) is 2.58. The van der Waals surface area contributed by atoms with E-state index >= 15 is 0 Å². The van der Waals surface area contributed by atoms with Gasteiger partial charge in [-0.1, -0.05) is 17.7 Å². The SMILES string of the molecule is Cc1cc(C)c([C@](C)(N)CO)c(C)c1. The molecule has 0 bridgehead atoms. The molecule has 2 heteroatoms. The van der Waals surface area contributed by atoms with Crippen LogP contribution in [0.25, 0.3) is 0 Å². The molecule has 2 nitrogen and oxygen atoms in total. The van der Waals surface area contributed by atoms with Crippen molar-refractivity contribution < 1.29 is 5.11 Å². The van der Waals surface area contributed by atoms with Crippen molar-refractivity contribution in [1.29, 1.82) is 0 Å². The van der Waals surface area contributed by atoms with E-state index < -0.39 is 5.54 Å². The maximum atomic E-state index is 9.24. The molecule has 3 N–H and O–H groups in total. The Balaban J connectivity index is 3.35. The second-order valence-corrected chi connectivity index (χ2v) is 4.35. The van der Waals surface area contributed by atoms with Gasteiger partial charge in [-0.25, -0.2) is 0 Å². The van der Waals surface area contributed by atoms with Crippen LogP contribution >= 0.6 is 0 Å². The molecule has 0 heterocycles. The number of hydrogen-bond donors (Lipinski definition) is 2. The van der Waals surface area contributed by atoms with Gasteiger partial charge in [-0.3, -0.25) is 0 Å². The first-order valence-electron chi connectivity index (χ1n) is 4.86. The minimum atomic E-state index is -0.637. The van der Waals surface area contributed by atoms with E-state index in [1.807, 2.05) is 20.8 Å². The van der Waals surface area contributed by atoms with E-state index in [2.05, 4.69) is 19.1 Å². The van der Waals surface area contributed by atoms with Crippen LogP contribution in [0.4, 0.5) is 0 Å². The van der Waals surface area contributed by atoms with Crippen LogP contribution < -0.4 is 5.73 Å². The second-order valence-electron chi connectivity index (χ2n) is 4.35. The Labute approximate surface area is 85.8 Å². The third-order valence-corrected chi connectivity index (χ3v) is 2.58. The highest BCUT2D eigenvalue weighted by Crippen LogP contribution is 2.26. The highest BCUT2D eigenvalue weighted by atomic mass is 16.3. The number of benzene rings is 1. The Morgan fingerprint density at radius 2 is 1.64 bits per heavy atom. The predicted molar refractivity (Wildman–Crippen MR) is 59.3 cm³/mol. The molecule has 0 radical (unpaired) electrons. The molecule has 1 atom stereocenters. The molecule has 78 valence electrons. The van der Waals surface area contributed by atoms with Gasteiger partial charge in [-0.15, -0.1) is 0 Å². The van der Waals surface area contributed by atoms with Crippen molar-refractivity contribution in [2.75, 3.05) is 6.61 Å². The summed E-state index contributed by atoms with van der Waals surface area (Å²) in [6.45, 7) is 7.97. The lowest BCUT2D eigenvalue weighted by Gasteiger charge is -2.27. The van der Waals surface area contributed by atoms with Crippen molar-refractivity contribution in [3.63, 3.8) is 0 Å². The Hall–Kier alpha value is -0.860. The molecule has 0 unspecified atom stereocenters. The summed E-state index contributed by atoms with van der Waals surface area (Å²) in [5.74, 6) is 0. The van der Waals surface area contributed by atoms with Gasteiger partial charge in [0.1, 0.15) is 0 Å². The topological polar surface area (TPSA) is 46.2 Å². The van der Waals surface area contributed by atoms with Crippen molar-refractivity contribution >= 4 is 0 Å². The summed E-state index contributed by atoms with van der Waals surface area (Å²) in [6.07, 6.45) is 0. The van der Waals surface area contributed by atoms with E-state index in [1.54, 1.807) is 0 Å². The van der Waals surface area contributed by atoms with E-state index in [1.165, 1.54) is 5.56 Å². The highest BCUT2D eigenvalue weighted by Gasteiger charge is 2.23. The Morgan fingerprint density at radius 1 is 1.21 bits per heavy atom. The highest BCUT2D eigenvalue weighted by molar-refractivity contribution is 5.41. The van der Waals surface area contributed by atoms with Crippen LogP contribution in [0.2, 0.25) is 0 Å². The van der Waals surface area contributed by atoms with Gasteiger partial charge in [-0.05, 0) is 44.4 Å². The monoisotopic (exact) mass is 193 g/mol. The number of rotatable bonds is 2. The molecular weight excluding hydrogens is 174 g/mol. The fraction of sp³-hybridized carbons (Fsp3) is 0.500. The molecule has 0 aromatic heterocycles. The van der Waals surface area contributed by atoms with Crippen LogP contribution in [-0.2, 0) is 5.54 Å². The molecule has 14 heavy (non-hydrogen) atoms. The predicted octanol–water partition coefficient (Wildman–Crippen LogP) is 1.78. The van der Waals surface area contributed by atoms with Crippen LogP contribution in [-0.4, -0.2) is 11.7 Å². The average Bonchev–Trinajstić information content (AvgIpc) is 2.01. The van der Waals surface area contributed by atoms with Crippen molar-refractivity contribution in [3.05, 3.63) is 34.4 Å². The lowest BCUT2D eigenvalue weighted by Crippen LogP contribution is -2.38. The molecule has 0 spiro atoms. The van der Waals surface area contributed by atoms with Crippen molar-refractivity contribution in [3.8, 4) is 0 Å². The van der Waals surface area contributed by atoms with Gasteiger partial charge < -0.3 is 10.8 Å². The van der Waals surface area contributed by atoms with Gasteiger partial charge >= 0.3 is 0 Å². The van der Waals surface area contributed by atoms with Crippen molar-refractivity contribution in [2.45, 2.75) is 33.2 Å². The zero-order valence-electron chi connectivity index (χ0n) is 9.39. The quantitative estimate of drug-likeness (QED) is 0.752. The average molecular weight is 193 g/mol. The number of hydrogen-bond acceptors (Lipinski definition) is 2. The van der Waals surface area contributed by atoms with Crippen molar-refractivity contribution in [2.24, 2.45) is 5.73 Å². The summed E-state index contributed by atoms with van der Waals surface area (Å²) in [6, 6.07) is 4.20. The Kier molecular flexibility index (Phi) is 2.98. The van der Waals surface area contributed by atoms with Crippen LogP contribution in [0, 0.1) is 20.8 Å². The largest absolute Gasteiger partial charge is 0.394 e. The molecule has 0 aliphatic carbocycles. The molecule has 0 saturated heterocycles. The standard InChI is InChI=1S/C12H19NO/c1-8-5-9(2)11(10(3)6-8)12(4,13)7-14/h5-6,14H,7,13H2,1-4H3/t12-/m1/s1. The normalized spacial score (nSPS) is 15.3. The second kappa shape index (κ2) is 3.71. The Morgan fingerprint density at radius 3 is 2.00 bits per heavy atom. The molecule has 0 aliphatic rings. The van der Waals surface area contributed by atoms with Crippen LogP contribution in [0.5, 0.6) is 0 Å². The summed E-state index contributed by atoms with van der Waals surface area (Å²) in [4.78, 5) is 0. The lowest BCUT2D eigenvalue weighted by atomic mass is 9.86. The minimum absolute atomic E-state index is 0.0300. The molecule has 0 fully saturated rings. The summed E-state index contributed by atoms with van der Waals surface area (Å²) in [5, 5.41) is 9.24. The van der Waals surface area contributed by atoms with Gasteiger partial charge in [0, 0.05) is 0 Å². The van der Waals surface area contributed by atoms with Crippen molar-refractivity contribution in [1.82, 2.24) is 0 Å². The minimum Gasteiger partial charge on any atom is -0.394 e. The number of aliphatic hydroxyl groups is 1. The number of aryl methyl sites for hydroxylation is 3. The van der Waals surface area contributed by atoms with Gasteiger partial charge in [0.2, 0.25) is 0 Å².